The van der Waals surface area contributed by atoms with Gasteiger partial charge in [-0.2, -0.15) is 0 Å². The minimum absolute atomic E-state index is 0.0675. The second kappa shape index (κ2) is 1.80. The first-order valence-corrected chi connectivity index (χ1v) is 4.63. The Balaban J connectivity index is 1.99. The Morgan fingerprint density at radius 2 is 1.73 bits per heavy atom. The van der Waals surface area contributed by atoms with Crippen LogP contribution < -0.4 is 0 Å². The molecular weight excluding hydrogens is 140 g/mol. The summed E-state index contributed by atoms with van der Waals surface area (Å²) >= 11 is 0. The standard InChI is InChI=1S/C9H14O2/c10-7-3-4-1-5-2-6(7)8(4)9(5)11/h4-11H,1-3H2/t4-,5+,6+,7-,8-,9+/m1/s1. The SMILES string of the molecule is O[C@H]1[C@H]2C[C@@H]3C[C@@H](O)[C@H](C2)[C@@H]31. The minimum atomic E-state index is -0.0906. The highest BCUT2D eigenvalue weighted by Gasteiger charge is 2.59. The van der Waals surface area contributed by atoms with Crippen LogP contribution in [0.2, 0.25) is 0 Å². The van der Waals surface area contributed by atoms with Crippen LogP contribution in [-0.2, 0) is 0 Å². The van der Waals surface area contributed by atoms with Crippen molar-refractivity contribution >= 4 is 0 Å². The van der Waals surface area contributed by atoms with Crippen LogP contribution in [0.4, 0.5) is 0 Å². The molecule has 0 aromatic rings. The predicted molar refractivity (Wildman–Crippen MR) is 39.8 cm³/mol. The summed E-state index contributed by atoms with van der Waals surface area (Å²) in [6, 6.07) is 0. The normalized spacial score (nSPS) is 66.0. The predicted octanol–water partition coefficient (Wildman–Crippen LogP) is 0.384. The number of aliphatic hydroxyl groups is 2. The third-order valence-corrected chi connectivity index (χ3v) is 4.13. The largest absolute Gasteiger partial charge is 0.393 e. The Kier molecular flexibility index (Phi) is 1.06. The van der Waals surface area contributed by atoms with Crippen molar-refractivity contribution in [3.63, 3.8) is 0 Å². The Bertz CT molecular complexity index is 190. The number of hydrogen-bond acceptors (Lipinski definition) is 2. The van der Waals surface area contributed by atoms with E-state index in [1.807, 2.05) is 0 Å². The van der Waals surface area contributed by atoms with Crippen molar-refractivity contribution in [2.24, 2.45) is 23.7 Å². The highest BCUT2D eigenvalue weighted by atomic mass is 16.3. The molecule has 0 radical (unpaired) electrons. The molecule has 2 bridgehead atoms. The fraction of sp³-hybridized carbons (Fsp3) is 1.00. The number of fused-ring (bicyclic) bond motifs is 1. The quantitative estimate of drug-likeness (QED) is 0.529. The lowest BCUT2D eigenvalue weighted by Gasteiger charge is -2.17. The summed E-state index contributed by atoms with van der Waals surface area (Å²) in [4.78, 5) is 0. The number of rotatable bonds is 0. The summed E-state index contributed by atoms with van der Waals surface area (Å²) in [6.45, 7) is 0. The van der Waals surface area contributed by atoms with Crippen molar-refractivity contribution in [2.75, 3.05) is 0 Å². The summed E-state index contributed by atoms with van der Waals surface area (Å²) < 4.78 is 0. The van der Waals surface area contributed by atoms with E-state index < -0.39 is 0 Å². The first-order chi connectivity index (χ1) is 5.27. The molecule has 3 rings (SSSR count). The molecule has 2 N–H and O–H groups in total. The summed E-state index contributed by atoms with van der Waals surface area (Å²) in [7, 11) is 0. The van der Waals surface area contributed by atoms with E-state index in [1.54, 1.807) is 0 Å². The van der Waals surface area contributed by atoms with E-state index in [1.165, 1.54) is 6.42 Å². The van der Waals surface area contributed by atoms with Crippen molar-refractivity contribution < 1.29 is 10.2 Å². The fourth-order valence-electron chi connectivity index (χ4n) is 3.78. The molecule has 0 unspecified atom stereocenters. The lowest BCUT2D eigenvalue weighted by molar-refractivity contribution is 0.0970. The molecule has 0 saturated heterocycles. The Labute approximate surface area is 66.2 Å². The van der Waals surface area contributed by atoms with Gasteiger partial charge in [0.1, 0.15) is 0 Å². The van der Waals surface area contributed by atoms with E-state index in [0.29, 0.717) is 23.7 Å². The maximum atomic E-state index is 9.72. The van der Waals surface area contributed by atoms with E-state index in [4.69, 9.17) is 0 Å². The number of aliphatic hydroxyl groups excluding tert-OH is 2. The molecule has 2 heteroatoms. The molecule has 3 aliphatic carbocycles. The maximum Gasteiger partial charge on any atom is 0.0603 e. The molecule has 0 heterocycles. The van der Waals surface area contributed by atoms with Gasteiger partial charge >= 0.3 is 0 Å². The molecule has 3 aliphatic rings. The van der Waals surface area contributed by atoms with E-state index in [9.17, 15) is 10.2 Å². The zero-order valence-electron chi connectivity index (χ0n) is 6.48. The molecule has 3 saturated carbocycles. The van der Waals surface area contributed by atoms with Gasteiger partial charge in [0.2, 0.25) is 0 Å². The third kappa shape index (κ3) is 0.611. The summed E-state index contributed by atoms with van der Waals surface area (Å²) in [5.74, 6) is 2.11. The average molecular weight is 154 g/mol. The van der Waals surface area contributed by atoms with Gasteiger partial charge in [-0.05, 0) is 42.9 Å². The van der Waals surface area contributed by atoms with Crippen molar-refractivity contribution in [3.05, 3.63) is 0 Å². The van der Waals surface area contributed by atoms with Crippen LogP contribution in [0.3, 0.4) is 0 Å². The Morgan fingerprint density at radius 1 is 0.909 bits per heavy atom. The van der Waals surface area contributed by atoms with Crippen LogP contribution in [0.1, 0.15) is 19.3 Å². The van der Waals surface area contributed by atoms with Gasteiger partial charge in [0.15, 0.2) is 0 Å². The van der Waals surface area contributed by atoms with Gasteiger partial charge in [0.25, 0.3) is 0 Å². The first kappa shape index (κ1) is 6.44. The fourth-order valence-corrected chi connectivity index (χ4v) is 3.78. The summed E-state index contributed by atoms with van der Waals surface area (Å²) in [5, 5.41) is 19.3. The maximum absolute atomic E-state index is 9.72. The van der Waals surface area contributed by atoms with Crippen molar-refractivity contribution in [2.45, 2.75) is 31.5 Å². The van der Waals surface area contributed by atoms with Gasteiger partial charge in [-0.3, -0.25) is 0 Å². The van der Waals surface area contributed by atoms with Crippen LogP contribution in [0.15, 0.2) is 0 Å². The van der Waals surface area contributed by atoms with E-state index in [2.05, 4.69) is 0 Å². The van der Waals surface area contributed by atoms with Crippen LogP contribution in [0, 0.1) is 23.7 Å². The second-order valence-corrected chi connectivity index (χ2v) is 4.53. The monoisotopic (exact) mass is 154 g/mol. The van der Waals surface area contributed by atoms with Gasteiger partial charge in [-0.15, -0.1) is 0 Å². The molecule has 0 amide bonds. The van der Waals surface area contributed by atoms with E-state index in [0.717, 1.165) is 12.8 Å². The third-order valence-electron chi connectivity index (χ3n) is 4.13. The molecule has 11 heavy (non-hydrogen) atoms. The minimum Gasteiger partial charge on any atom is -0.393 e. The summed E-state index contributed by atoms with van der Waals surface area (Å²) in [5.41, 5.74) is 0. The number of hydrogen-bond donors (Lipinski definition) is 2. The summed E-state index contributed by atoms with van der Waals surface area (Å²) in [6.07, 6.45) is 3.07. The zero-order chi connectivity index (χ0) is 7.59. The molecule has 0 aromatic carbocycles. The molecule has 0 spiro atoms. The second-order valence-electron chi connectivity index (χ2n) is 4.53. The lowest BCUT2D eigenvalue weighted by Crippen LogP contribution is -2.19. The van der Waals surface area contributed by atoms with E-state index >= 15 is 0 Å². The van der Waals surface area contributed by atoms with Gasteiger partial charge in [-0.1, -0.05) is 0 Å². The van der Waals surface area contributed by atoms with Crippen molar-refractivity contribution in [1.29, 1.82) is 0 Å². The smallest absolute Gasteiger partial charge is 0.0603 e. The first-order valence-electron chi connectivity index (χ1n) is 4.63. The molecule has 0 aromatic heterocycles. The Morgan fingerprint density at radius 3 is 2.27 bits per heavy atom. The van der Waals surface area contributed by atoms with Crippen molar-refractivity contribution in [3.8, 4) is 0 Å². The highest BCUT2D eigenvalue weighted by molar-refractivity contribution is 5.08. The van der Waals surface area contributed by atoms with Gasteiger partial charge in [-0.25, -0.2) is 0 Å². The molecule has 6 atom stereocenters. The van der Waals surface area contributed by atoms with Crippen LogP contribution in [-0.4, -0.2) is 22.4 Å². The van der Waals surface area contributed by atoms with Gasteiger partial charge < -0.3 is 10.2 Å². The zero-order valence-corrected chi connectivity index (χ0v) is 6.48. The van der Waals surface area contributed by atoms with Crippen LogP contribution >= 0.6 is 0 Å². The van der Waals surface area contributed by atoms with Crippen LogP contribution in [0.25, 0.3) is 0 Å². The van der Waals surface area contributed by atoms with Crippen LogP contribution in [0.5, 0.6) is 0 Å². The molecule has 0 aliphatic heterocycles. The molecule has 62 valence electrons. The van der Waals surface area contributed by atoms with E-state index in [-0.39, 0.29) is 12.2 Å². The van der Waals surface area contributed by atoms with Gasteiger partial charge in [0.05, 0.1) is 12.2 Å². The molecular formula is C9H14O2. The lowest BCUT2D eigenvalue weighted by atomic mass is 9.88. The van der Waals surface area contributed by atoms with Crippen molar-refractivity contribution in [1.82, 2.24) is 0 Å². The highest BCUT2D eigenvalue weighted by Crippen LogP contribution is 2.59. The molecule has 3 fully saturated rings. The average Bonchev–Trinajstić information content (AvgIpc) is 2.47. The topological polar surface area (TPSA) is 40.5 Å². The Hall–Kier alpha value is -0.0800. The molecule has 2 nitrogen and oxygen atoms in total. The van der Waals surface area contributed by atoms with Gasteiger partial charge in [0, 0.05) is 0 Å².